The van der Waals surface area contributed by atoms with Crippen molar-refractivity contribution in [3.63, 3.8) is 0 Å². The SMILES string of the molecule is Cc1nc(-c2nnc(NC(=O)[C@H]3CCCN3S(=O)(=O)c3cccs3)o2)cs1. The molecule has 4 rings (SSSR count). The normalized spacial score (nSPS) is 18.0. The van der Waals surface area contributed by atoms with Crippen LogP contribution < -0.4 is 5.32 Å². The van der Waals surface area contributed by atoms with Gasteiger partial charge in [-0.25, -0.2) is 13.4 Å². The zero-order valence-electron chi connectivity index (χ0n) is 14.2. The molecule has 0 spiro atoms. The summed E-state index contributed by atoms with van der Waals surface area (Å²) >= 11 is 2.58. The van der Waals surface area contributed by atoms with E-state index in [4.69, 9.17) is 4.42 Å². The number of hydrogen-bond acceptors (Lipinski definition) is 9. The summed E-state index contributed by atoms with van der Waals surface area (Å²) in [7, 11) is -3.70. The van der Waals surface area contributed by atoms with Crippen molar-refractivity contribution >= 4 is 44.6 Å². The maximum atomic E-state index is 12.8. The molecule has 27 heavy (non-hydrogen) atoms. The molecule has 1 saturated heterocycles. The second-order valence-corrected chi connectivity index (χ2v) is 9.99. The van der Waals surface area contributed by atoms with Crippen LogP contribution in [0.4, 0.5) is 6.01 Å². The minimum atomic E-state index is -3.70. The van der Waals surface area contributed by atoms with E-state index < -0.39 is 22.0 Å². The van der Waals surface area contributed by atoms with Crippen LogP contribution in [0, 0.1) is 6.92 Å². The third-order valence-electron chi connectivity index (χ3n) is 4.06. The molecule has 3 aromatic heterocycles. The number of thiophene rings is 1. The highest BCUT2D eigenvalue weighted by atomic mass is 32.2. The molecule has 12 heteroatoms. The van der Waals surface area contributed by atoms with Gasteiger partial charge in [0.05, 0.1) is 5.01 Å². The van der Waals surface area contributed by atoms with Gasteiger partial charge in [0.15, 0.2) is 0 Å². The zero-order chi connectivity index (χ0) is 19.0. The fourth-order valence-corrected chi connectivity index (χ4v) is 6.21. The van der Waals surface area contributed by atoms with Crippen LogP contribution in [0.3, 0.4) is 0 Å². The molecule has 4 heterocycles. The summed E-state index contributed by atoms with van der Waals surface area (Å²) in [5.41, 5.74) is 0.535. The summed E-state index contributed by atoms with van der Waals surface area (Å²) in [6, 6.07) is 2.31. The number of hydrogen-bond donors (Lipinski definition) is 1. The van der Waals surface area contributed by atoms with Crippen molar-refractivity contribution in [1.82, 2.24) is 19.5 Å². The van der Waals surface area contributed by atoms with Gasteiger partial charge in [-0.1, -0.05) is 11.2 Å². The molecule has 1 aliphatic heterocycles. The number of nitrogens with zero attached hydrogens (tertiary/aromatic N) is 4. The molecule has 1 atom stereocenters. The third kappa shape index (κ3) is 3.52. The lowest BCUT2D eigenvalue weighted by molar-refractivity contribution is -0.119. The Morgan fingerprint density at radius 2 is 2.22 bits per heavy atom. The van der Waals surface area contributed by atoms with E-state index in [1.807, 2.05) is 6.92 Å². The van der Waals surface area contributed by atoms with Gasteiger partial charge in [0.25, 0.3) is 15.9 Å². The number of anilines is 1. The second-order valence-electron chi connectivity index (χ2n) is 5.86. The van der Waals surface area contributed by atoms with Gasteiger partial charge in [-0.2, -0.15) is 4.31 Å². The Morgan fingerprint density at radius 3 is 2.93 bits per heavy atom. The first-order chi connectivity index (χ1) is 12.9. The number of thiazole rings is 1. The molecule has 0 radical (unpaired) electrons. The van der Waals surface area contributed by atoms with Gasteiger partial charge in [0.1, 0.15) is 15.9 Å². The van der Waals surface area contributed by atoms with Crippen molar-refractivity contribution in [3.05, 3.63) is 27.9 Å². The highest BCUT2D eigenvalue weighted by Crippen LogP contribution is 2.29. The smallest absolute Gasteiger partial charge is 0.322 e. The fourth-order valence-electron chi connectivity index (χ4n) is 2.84. The van der Waals surface area contributed by atoms with Crippen molar-refractivity contribution in [1.29, 1.82) is 0 Å². The van der Waals surface area contributed by atoms with Crippen LogP contribution in [-0.2, 0) is 14.8 Å². The number of carbonyl (C=O) groups is 1. The van der Waals surface area contributed by atoms with Crippen molar-refractivity contribution in [2.75, 3.05) is 11.9 Å². The van der Waals surface area contributed by atoms with E-state index in [0.717, 1.165) is 16.3 Å². The number of amides is 1. The molecule has 0 bridgehead atoms. The van der Waals surface area contributed by atoms with Crippen molar-refractivity contribution < 1.29 is 17.6 Å². The van der Waals surface area contributed by atoms with Crippen molar-refractivity contribution in [2.45, 2.75) is 30.0 Å². The Bertz CT molecular complexity index is 1060. The molecule has 0 aliphatic carbocycles. The Kier molecular flexibility index (Phi) is 4.80. The Balaban J connectivity index is 1.50. The lowest BCUT2D eigenvalue weighted by atomic mass is 10.2. The van der Waals surface area contributed by atoms with Gasteiger partial charge in [-0.3, -0.25) is 10.1 Å². The minimum Gasteiger partial charge on any atom is -0.401 e. The molecule has 0 aromatic carbocycles. The van der Waals surface area contributed by atoms with Gasteiger partial charge in [-0.15, -0.1) is 27.8 Å². The summed E-state index contributed by atoms with van der Waals surface area (Å²) in [6.07, 6.45) is 1.04. The number of carbonyl (C=O) groups excluding carboxylic acids is 1. The quantitative estimate of drug-likeness (QED) is 0.666. The summed E-state index contributed by atoms with van der Waals surface area (Å²) in [6.45, 7) is 2.15. The predicted molar refractivity (Wildman–Crippen MR) is 100 cm³/mol. The minimum absolute atomic E-state index is 0.0824. The molecule has 0 saturated carbocycles. The number of sulfonamides is 1. The van der Waals surface area contributed by atoms with E-state index in [2.05, 4.69) is 20.5 Å². The molecule has 9 nitrogen and oxygen atoms in total. The average molecular weight is 426 g/mol. The average Bonchev–Trinajstić information content (AvgIpc) is 3.41. The van der Waals surface area contributed by atoms with Crippen LogP contribution in [0.25, 0.3) is 11.6 Å². The predicted octanol–water partition coefficient (Wildman–Crippen LogP) is 2.35. The second kappa shape index (κ2) is 7.11. The van der Waals surface area contributed by atoms with E-state index in [1.165, 1.54) is 21.7 Å². The largest absolute Gasteiger partial charge is 0.401 e. The Hall–Kier alpha value is -2.15. The van der Waals surface area contributed by atoms with Crippen molar-refractivity contribution in [2.24, 2.45) is 0 Å². The molecule has 1 aliphatic rings. The lowest BCUT2D eigenvalue weighted by Crippen LogP contribution is -2.42. The molecule has 1 amide bonds. The first kappa shape index (κ1) is 18.2. The summed E-state index contributed by atoms with van der Waals surface area (Å²) in [4.78, 5) is 16.9. The molecular weight excluding hydrogens is 410 g/mol. The molecule has 1 fully saturated rings. The summed E-state index contributed by atoms with van der Waals surface area (Å²) in [5, 5.41) is 14.5. The van der Waals surface area contributed by atoms with Crippen LogP contribution in [-0.4, -0.2) is 46.4 Å². The summed E-state index contributed by atoms with van der Waals surface area (Å²) < 4.78 is 32.4. The highest BCUT2D eigenvalue weighted by molar-refractivity contribution is 7.91. The van der Waals surface area contributed by atoms with Gasteiger partial charge >= 0.3 is 6.01 Å². The van der Waals surface area contributed by atoms with Crippen LogP contribution >= 0.6 is 22.7 Å². The van der Waals surface area contributed by atoms with Crippen LogP contribution in [0.5, 0.6) is 0 Å². The maximum Gasteiger partial charge on any atom is 0.322 e. The number of aromatic nitrogens is 3. The number of aryl methyl sites for hydroxylation is 1. The standard InChI is InChI=1S/C15H15N5O4S3/c1-9-16-10(8-26-9)14-18-19-15(24-14)17-13(21)11-4-2-6-20(11)27(22,23)12-5-3-7-25-12/h3,5,7-8,11H,2,4,6H2,1H3,(H,17,19,21)/t11-/m1/s1. The molecule has 0 unspecified atom stereocenters. The van der Waals surface area contributed by atoms with Gasteiger partial charge in [0, 0.05) is 11.9 Å². The van der Waals surface area contributed by atoms with E-state index >= 15 is 0 Å². The van der Waals surface area contributed by atoms with Crippen molar-refractivity contribution in [3.8, 4) is 11.6 Å². The summed E-state index contributed by atoms with van der Waals surface area (Å²) in [5.74, 6) is -0.290. The third-order valence-corrected chi connectivity index (χ3v) is 8.11. The van der Waals surface area contributed by atoms with E-state index in [9.17, 15) is 13.2 Å². The van der Waals surface area contributed by atoms with Crippen LogP contribution in [0.15, 0.2) is 31.5 Å². The Morgan fingerprint density at radius 1 is 1.37 bits per heavy atom. The van der Waals surface area contributed by atoms with Crippen LogP contribution in [0.1, 0.15) is 17.8 Å². The number of nitrogens with one attached hydrogen (secondary N) is 1. The fraction of sp³-hybridized carbons (Fsp3) is 0.333. The molecule has 3 aromatic rings. The topological polar surface area (TPSA) is 118 Å². The lowest BCUT2D eigenvalue weighted by Gasteiger charge is -2.21. The first-order valence-electron chi connectivity index (χ1n) is 8.07. The molecular formula is C15H15N5O4S3. The van der Waals surface area contributed by atoms with E-state index in [-0.39, 0.29) is 16.1 Å². The Labute approximate surface area is 163 Å². The molecule has 142 valence electrons. The highest BCUT2D eigenvalue weighted by Gasteiger charge is 2.40. The van der Waals surface area contributed by atoms with E-state index in [1.54, 1.807) is 16.8 Å². The van der Waals surface area contributed by atoms with Gasteiger partial charge in [-0.05, 0) is 31.2 Å². The maximum absolute atomic E-state index is 12.8. The van der Waals surface area contributed by atoms with Gasteiger partial charge < -0.3 is 4.42 Å². The zero-order valence-corrected chi connectivity index (χ0v) is 16.6. The monoisotopic (exact) mass is 425 g/mol. The van der Waals surface area contributed by atoms with E-state index in [0.29, 0.717) is 25.1 Å². The van der Waals surface area contributed by atoms with Gasteiger partial charge in [0.2, 0.25) is 5.91 Å². The van der Waals surface area contributed by atoms with Crippen LogP contribution in [0.2, 0.25) is 0 Å². The first-order valence-corrected chi connectivity index (χ1v) is 11.3. The number of rotatable bonds is 5. The molecule has 1 N–H and O–H groups in total.